The van der Waals surface area contributed by atoms with E-state index in [0.29, 0.717) is 6.54 Å². The van der Waals surface area contributed by atoms with Crippen LogP contribution in [0.15, 0.2) is 53.7 Å². The number of pyridine rings is 2. The second-order valence-electron chi connectivity index (χ2n) is 9.38. The first-order valence-electron chi connectivity index (χ1n) is 12.0. The van der Waals surface area contributed by atoms with Crippen molar-refractivity contribution < 1.29 is 14.2 Å². The molecule has 4 aromatic rings. The number of nitrogens with zero attached hydrogens (tertiary/aromatic N) is 3. The maximum atomic E-state index is 5.65. The van der Waals surface area contributed by atoms with Crippen molar-refractivity contribution >= 4 is 23.2 Å². The molecule has 3 heterocycles. The number of anilines is 1. The number of benzene rings is 1. The smallest absolute Gasteiger partial charge is 0.141 e. The number of ether oxygens (including phenoxy) is 3. The van der Waals surface area contributed by atoms with E-state index in [0.717, 1.165) is 62.5 Å². The van der Waals surface area contributed by atoms with Crippen LogP contribution < -0.4 is 19.5 Å². The van der Waals surface area contributed by atoms with Crippen LogP contribution in [0.1, 0.15) is 38.8 Å². The highest BCUT2D eigenvalue weighted by atomic mass is 32.2. The molecule has 0 aliphatic carbocycles. The SMILES string of the molecule is CCc1ccc(-c2cnc3cc(OC)c(SC(C)(C)C)cn23)nc1NCc1ccc(OC)cc1OC. The van der Waals surface area contributed by atoms with E-state index in [1.165, 1.54) is 0 Å². The summed E-state index contributed by atoms with van der Waals surface area (Å²) in [6.07, 6.45) is 4.83. The number of rotatable bonds is 9. The summed E-state index contributed by atoms with van der Waals surface area (Å²) in [6, 6.07) is 12.0. The minimum Gasteiger partial charge on any atom is -0.497 e. The Hall–Kier alpha value is -3.39. The van der Waals surface area contributed by atoms with Gasteiger partial charge >= 0.3 is 0 Å². The van der Waals surface area contributed by atoms with Crippen molar-refractivity contribution in [2.45, 2.75) is 50.3 Å². The summed E-state index contributed by atoms with van der Waals surface area (Å²) in [7, 11) is 5.01. The molecule has 1 aromatic carbocycles. The zero-order chi connectivity index (χ0) is 25.9. The Balaban J connectivity index is 1.69. The standard InChI is InChI=1S/C28H34N4O3S/c1-8-18-10-12-21(31-27(18)30-15-19-9-11-20(33-5)13-23(19)34-6)22-16-29-26-14-24(35-7)25(17-32(22)26)36-28(2,3)4/h9-14,16-17H,8,15H2,1-7H3,(H,30,31). The predicted octanol–water partition coefficient (Wildman–Crippen LogP) is 6.49. The Labute approximate surface area is 217 Å². The summed E-state index contributed by atoms with van der Waals surface area (Å²) in [5.74, 6) is 3.21. The zero-order valence-corrected chi connectivity index (χ0v) is 22.8. The monoisotopic (exact) mass is 506 g/mol. The van der Waals surface area contributed by atoms with Gasteiger partial charge in [-0.25, -0.2) is 9.97 Å². The predicted molar refractivity (Wildman–Crippen MR) is 147 cm³/mol. The van der Waals surface area contributed by atoms with E-state index in [2.05, 4.69) is 60.7 Å². The van der Waals surface area contributed by atoms with Crippen molar-refractivity contribution in [1.82, 2.24) is 14.4 Å². The van der Waals surface area contributed by atoms with Crippen LogP contribution >= 0.6 is 11.8 Å². The highest BCUT2D eigenvalue weighted by Gasteiger charge is 2.19. The molecule has 0 saturated heterocycles. The minimum absolute atomic E-state index is 0.0440. The summed E-state index contributed by atoms with van der Waals surface area (Å²) in [6.45, 7) is 9.28. The Kier molecular flexibility index (Phi) is 7.64. The molecule has 1 N–H and O–H groups in total. The van der Waals surface area contributed by atoms with Crippen molar-refractivity contribution in [1.29, 1.82) is 0 Å². The summed E-state index contributed by atoms with van der Waals surface area (Å²) in [5.41, 5.74) is 4.76. The first-order chi connectivity index (χ1) is 17.3. The van der Waals surface area contributed by atoms with Crippen LogP contribution in [0, 0.1) is 0 Å². The fraction of sp³-hybridized carbons (Fsp3) is 0.357. The number of aromatic nitrogens is 3. The van der Waals surface area contributed by atoms with Crippen LogP contribution in [-0.4, -0.2) is 40.4 Å². The van der Waals surface area contributed by atoms with Gasteiger partial charge in [-0.15, -0.1) is 11.8 Å². The van der Waals surface area contributed by atoms with Gasteiger partial charge in [0.2, 0.25) is 0 Å². The van der Waals surface area contributed by atoms with E-state index in [-0.39, 0.29) is 4.75 Å². The van der Waals surface area contributed by atoms with Gasteiger partial charge in [0.25, 0.3) is 0 Å². The molecule has 0 spiro atoms. The van der Waals surface area contributed by atoms with Gasteiger partial charge in [-0.1, -0.05) is 33.8 Å². The molecule has 190 valence electrons. The number of fused-ring (bicyclic) bond motifs is 1. The van der Waals surface area contributed by atoms with Gasteiger partial charge in [-0.05, 0) is 30.2 Å². The number of hydrogen-bond donors (Lipinski definition) is 1. The molecule has 0 bridgehead atoms. The number of imidazole rings is 1. The fourth-order valence-corrected chi connectivity index (χ4v) is 5.05. The van der Waals surface area contributed by atoms with E-state index in [9.17, 15) is 0 Å². The summed E-state index contributed by atoms with van der Waals surface area (Å²) < 4.78 is 18.7. The van der Waals surface area contributed by atoms with Crippen LogP contribution in [0.25, 0.3) is 17.0 Å². The molecule has 0 aliphatic heterocycles. The molecule has 4 rings (SSSR count). The molecule has 0 amide bonds. The number of hydrogen-bond acceptors (Lipinski definition) is 7. The van der Waals surface area contributed by atoms with Crippen LogP contribution in [0.4, 0.5) is 5.82 Å². The maximum absolute atomic E-state index is 5.65. The Morgan fingerprint density at radius 1 is 0.944 bits per heavy atom. The van der Waals surface area contributed by atoms with Gasteiger partial charge in [0.15, 0.2) is 0 Å². The van der Waals surface area contributed by atoms with E-state index in [1.54, 1.807) is 33.1 Å². The van der Waals surface area contributed by atoms with Gasteiger partial charge in [0.05, 0.1) is 43.8 Å². The molecule has 8 heteroatoms. The highest BCUT2D eigenvalue weighted by molar-refractivity contribution is 8.00. The third-order valence-corrected chi connectivity index (χ3v) is 6.91. The third-order valence-electron chi connectivity index (χ3n) is 5.77. The lowest BCUT2D eigenvalue weighted by Gasteiger charge is -2.20. The molecule has 0 fully saturated rings. The summed E-state index contributed by atoms with van der Waals surface area (Å²) in [5, 5.41) is 3.52. The molecular formula is C28H34N4O3S. The van der Waals surface area contributed by atoms with Crippen LogP contribution in [0.5, 0.6) is 17.2 Å². The molecule has 0 saturated carbocycles. The van der Waals surface area contributed by atoms with Gasteiger partial charge in [-0.3, -0.25) is 4.40 Å². The normalized spacial score (nSPS) is 11.5. The van der Waals surface area contributed by atoms with Gasteiger partial charge in [0.1, 0.15) is 28.7 Å². The van der Waals surface area contributed by atoms with Crippen molar-refractivity contribution in [3.8, 4) is 28.6 Å². The van der Waals surface area contributed by atoms with Crippen LogP contribution in [-0.2, 0) is 13.0 Å². The van der Waals surface area contributed by atoms with Gasteiger partial charge in [-0.2, -0.15) is 0 Å². The first kappa shape index (κ1) is 25.7. The Morgan fingerprint density at radius 2 is 1.69 bits per heavy atom. The number of aryl methyl sites for hydroxylation is 1. The van der Waals surface area contributed by atoms with E-state index < -0.39 is 0 Å². The Bertz CT molecular complexity index is 1360. The maximum Gasteiger partial charge on any atom is 0.141 e. The molecule has 0 aliphatic rings. The lowest BCUT2D eigenvalue weighted by molar-refractivity contribution is 0.391. The number of thioether (sulfide) groups is 1. The average Bonchev–Trinajstić information content (AvgIpc) is 3.28. The molecule has 36 heavy (non-hydrogen) atoms. The van der Waals surface area contributed by atoms with Crippen molar-refractivity contribution in [3.63, 3.8) is 0 Å². The zero-order valence-electron chi connectivity index (χ0n) is 22.0. The molecule has 0 unspecified atom stereocenters. The minimum atomic E-state index is 0.0440. The molecule has 0 atom stereocenters. The molecule has 7 nitrogen and oxygen atoms in total. The van der Waals surface area contributed by atoms with E-state index >= 15 is 0 Å². The van der Waals surface area contributed by atoms with Crippen molar-refractivity contribution in [3.05, 3.63) is 59.9 Å². The van der Waals surface area contributed by atoms with Crippen molar-refractivity contribution in [2.75, 3.05) is 26.6 Å². The quantitative estimate of drug-likeness (QED) is 0.260. The number of methoxy groups -OCH3 is 3. The van der Waals surface area contributed by atoms with Crippen molar-refractivity contribution in [2.24, 2.45) is 0 Å². The summed E-state index contributed by atoms with van der Waals surface area (Å²) >= 11 is 1.77. The second kappa shape index (κ2) is 10.7. The topological polar surface area (TPSA) is 69.9 Å². The van der Waals surface area contributed by atoms with E-state index in [4.69, 9.17) is 19.2 Å². The lowest BCUT2D eigenvalue weighted by atomic mass is 10.1. The third kappa shape index (κ3) is 5.54. The number of nitrogens with one attached hydrogen (secondary N) is 1. The fourth-order valence-electron chi connectivity index (χ4n) is 3.99. The Morgan fingerprint density at radius 3 is 2.36 bits per heavy atom. The second-order valence-corrected chi connectivity index (χ2v) is 11.2. The molecule has 0 radical (unpaired) electrons. The lowest BCUT2D eigenvalue weighted by Crippen LogP contribution is -2.08. The average molecular weight is 507 g/mol. The molecular weight excluding hydrogens is 472 g/mol. The highest BCUT2D eigenvalue weighted by Crippen LogP contribution is 2.39. The van der Waals surface area contributed by atoms with E-state index in [1.807, 2.05) is 30.5 Å². The van der Waals surface area contributed by atoms with Crippen LogP contribution in [0.3, 0.4) is 0 Å². The molecule has 3 aromatic heterocycles. The summed E-state index contributed by atoms with van der Waals surface area (Å²) in [4.78, 5) is 10.7. The largest absolute Gasteiger partial charge is 0.497 e. The van der Waals surface area contributed by atoms with Crippen LogP contribution in [0.2, 0.25) is 0 Å². The first-order valence-corrected chi connectivity index (χ1v) is 12.8. The van der Waals surface area contributed by atoms with Gasteiger partial charge in [0, 0.05) is 35.2 Å². The van der Waals surface area contributed by atoms with Gasteiger partial charge < -0.3 is 19.5 Å².